The Labute approximate surface area is 206 Å². The molecule has 0 saturated carbocycles. The summed E-state index contributed by atoms with van der Waals surface area (Å²) in [4.78, 5) is 18.4. The minimum atomic E-state index is -0.0775. The van der Waals surface area contributed by atoms with E-state index >= 15 is 0 Å². The van der Waals surface area contributed by atoms with Crippen molar-refractivity contribution < 1.29 is 14.3 Å². The molecular weight excluding hydrogens is 519 g/mol. The molecule has 1 unspecified atom stereocenters. The van der Waals surface area contributed by atoms with Gasteiger partial charge in [-0.2, -0.15) is 0 Å². The minimum Gasteiger partial charge on any atom is -0.486 e. The summed E-state index contributed by atoms with van der Waals surface area (Å²) >= 11 is 0. The molecule has 2 N–H and O–H groups in total. The van der Waals surface area contributed by atoms with Gasteiger partial charge in [-0.1, -0.05) is 36.4 Å². The summed E-state index contributed by atoms with van der Waals surface area (Å²) in [5.74, 6) is 2.57. The van der Waals surface area contributed by atoms with Crippen LogP contribution in [0.4, 0.5) is 0 Å². The Morgan fingerprint density at radius 2 is 1.84 bits per heavy atom. The smallest absolute Gasteiger partial charge is 0.222 e. The van der Waals surface area contributed by atoms with Gasteiger partial charge in [-0.25, -0.2) is 4.99 Å². The molecular formula is C24H31IN4O3. The monoisotopic (exact) mass is 550 g/mol. The van der Waals surface area contributed by atoms with Crippen molar-refractivity contribution in [2.45, 2.75) is 39.0 Å². The molecule has 0 bridgehead atoms. The molecule has 0 aliphatic carbocycles. The number of carbonyl (C=O) groups excluding carboxylic acids is 1. The Hall–Kier alpha value is -2.49. The van der Waals surface area contributed by atoms with Crippen LogP contribution in [0.25, 0.3) is 0 Å². The maximum absolute atomic E-state index is 11.8. The van der Waals surface area contributed by atoms with Crippen molar-refractivity contribution in [1.82, 2.24) is 15.5 Å². The number of likely N-dealkylation sites (tertiary alicyclic amines) is 1. The molecule has 32 heavy (non-hydrogen) atoms. The Bertz CT molecular complexity index is 920. The fraction of sp³-hybridized carbons (Fsp3) is 0.417. The van der Waals surface area contributed by atoms with Gasteiger partial charge in [0.2, 0.25) is 5.91 Å². The summed E-state index contributed by atoms with van der Waals surface area (Å²) < 4.78 is 11.8. The van der Waals surface area contributed by atoms with Crippen LogP contribution in [0, 0.1) is 0 Å². The number of fused-ring (bicyclic) bond motifs is 1. The zero-order valence-electron chi connectivity index (χ0n) is 18.4. The van der Waals surface area contributed by atoms with E-state index in [-0.39, 0.29) is 36.0 Å². The van der Waals surface area contributed by atoms with E-state index in [0.29, 0.717) is 32.7 Å². The fourth-order valence-electron chi connectivity index (χ4n) is 3.73. The second-order valence-corrected chi connectivity index (χ2v) is 7.81. The number of nitrogens with zero attached hydrogens (tertiary/aromatic N) is 2. The standard InChI is InChI=1S/C24H30N4O3.HI/c1-2-25-24(27-15-20-17-30-21-6-3-4-7-22(21)31-20)26-14-18-9-11-19(12-10-18)16-28-13-5-8-23(28)29;/h3-4,6-7,9-12,20H,2,5,8,13-17H2,1H3,(H2,25,26,27);1H. The third-order valence-corrected chi connectivity index (χ3v) is 5.40. The third kappa shape index (κ3) is 6.51. The van der Waals surface area contributed by atoms with Crippen LogP contribution in [0.5, 0.6) is 11.5 Å². The van der Waals surface area contributed by atoms with E-state index in [9.17, 15) is 4.79 Å². The lowest BCUT2D eigenvalue weighted by molar-refractivity contribution is -0.128. The molecule has 7 nitrogen and oxygen atoms in total. The van der Waals surface area contributed by atoms with E-state index in [1.807, 2.05) is 36.1 Å². The van der Waals surface area contributed by atoms with Gasteiger partial charge >= 0.3 is 0 Å². The number of amides is 1. The minimum absolute atomic E-state index is 0. The number of para-hydroxylation sites is 2. The van der Waals surface area contributed by atoms with E-state index < -0.39 is 0 Å². The van der Waals surface area contributed by atoms with Gasteiger partial charge in [-0.3, -0.25) is 4.79 Å². The SMILES string of the molecule is CCNC(=NCc1ccc(CN2CCCC2=O)cc1)NCC1COc2ccccc2O1.I. The second kappa shape index (κ2) is 11.9. The first-order valence-corrected chi connectivity index (χ1v) is 11.0. The Kier molecular flexibility index (Phi) is 9.01. The molecule has 2 aliphatic heterocycles. The van der Waals surface area contributed by atoms with Gasteiger partial charge in [0.15, 0.2) is 17.5 Å². The highest BCUT2D eigenvalue weighted by Crippen LogP contribution is 2.30. The van der Waals surface area contributed by atoms with Crippen molar-refractivity contribution >= 4 is 35.8 Å². The van der Waals surface area contributed by atoms with Crippen LogP contribution in [-0.4, -0.2) is 49.1 Å². The van der Waals surface area contributed by atoms with E-state index in [1.165, 1.54) is 0 Å². The number of halogens is 1. The molecule has 2 heterocycles. The number of carbonyl (C=O) groups is 1. The molecule has 2 aromatic carbocycles. The zero-order chi connectivity index (χ0) is 21.5. The molecule has 8 heteroatoms. The molecule has 1 fully saturated rings. The topological polar surface area (TPSA) is 75.2 Å². The molecule has 0 radical (unpaired) electrons. The number of rotatable bonds is 7. The summed E-state index contributed by atoms with van der Waals surface area (Å²) in [5.41, 5.74) is 2.28. The van der Waals surface area contributed by atoms with Gasteiger partial charge in [0.05, 0.1) is 13.1 Å². The van der Waals surface area contributed by atoms with E-state index in [2.05, 4.69) is 34.9 Å². The van der Waals surface area contributed by atoms with Crippen molar-refractivity contribution in [2.24, 2.45) is 4.99 Å². The molecule has 1 saturated heterocycles. The number of benzene rings is 2. The quantitative estimate of drug-likeness (QED) is 0.315. The first-order valence-electron chi connectivity index (χ1n) is 11.0. The summed E-state index contributed by atoms with van der Waals surface area (Å²) in [6.07, 6.45) is 1.57. The average Bonchev–Trinajstić information content (AvgIpc) is 3.20. The van der Waals surface area contributed by atoms with Crippen molar-refractivity contribution in [1.29, 1.82) is 0 Å². The lowest BCUT2D eigenvalue weighted by atomic mass is 10.1. The van der Waals surface area contributed by atoms with Gasteiger partial charge in [0.25, 0.3) is 0 Å². The number of ether oxygens (including phenoxy) is 2. The largest absolute Gasteiger partial charge is 0.486 e. The Morgan fingerprint density at radius 3 is 2.56 bits per heavy atom. The Morgan fingerprint density at radius 1 is 1.09 bits per heavy atom. The maximum Gasteiger partial charge on any atom is 0.222 e. The number of guanidine groups is 1. The highest BCUT2D eigenvalue weighted by molar-refractivity contribution is 14.0. The normalized spacial score (nSPS) is 17.7. The van der Waals surface area contributed by atoms with Gasteiger partial charge in [0, 0.05) is 26.1 Å². The highest BCUT2D eigenvalue weighted by Gasteiger charge is 2.21. The maximum atomic E-state index is 11.8. The summed E-state index contributed by atoms with van der Waals surface area (Å²) in [5, 5.41) is 6.62. The summed E-state index contributed by atoms with van der Waals surface area (Å²) in [7, 11) is 0. The van der Waals surface area contributed by atoms with Crippen LogP contribution in [0.3, 0.4) is 0 Å². The molecule has 1 atom stereocenters. The van der Waals surface area contributed by atoms with Crippen LogP contribution in [0.15, 0.2) is 53.5 Å². The van der Waals surface area contributed by atoms with Crippen LogP contribution < -0.4 is 20.1 Å². The molecule has 1 amide bonds. The Balaban J connectivity index is 0.00000289. The van der Waals surface area contributed by atoms with Crippen LogP contribution in [0.2, 0.25) is 0 Å². The molecule has 0 spiro atoms. The average molecular weight is 550 g/mol. The highest BCUT2D eigenvalue weighted by atomic mass is 127. The number of aliphatic imine (C=N–C) groups is 1. The second-order valence-electron chi connectivity index (χ2n) is 7.81. The van der Waals surface area contributed by atoms with Gasteiger partial charge < -0.3 is 25.0 Å². The number of nitrogens with one attached hydrogen (secondary N) is 2. The van der Waals surface area contributed by atoms with Gasteiger partial charge in [-0.15, -0.1) is 24.0 Å². The van der Waals surface area contributed by atoms with Crippen LogP contribution in [-0.2, 0) is 17.9 Å². The fourth-order valence-corrected chi connectivity index (χ4v) is 3.73. The number of hydrogen-bond donors (Lipinski definition) is 2. The van der Waals surface area contributed by atoms with Gasteiger partial charge in [-0.05, 0) is 36.6 Å². The van der Waals surface area contributed by atoms with E-state index in [1.54, 1.807) is 0 Å². The van der Waals surface area contributed by atoms with Crippen molar-refractivity contribution in [3.05, 3.63) is 59.7 Å². The van der Waals surface area contributed by atoms with Crippen LogP contribution in [0.1, 0.15) is 30.9 Å². The molecule has 0 aromatic heterocycles. The summed E-state index contributed by atoms with van der Waals surface area (Å²) in [6, 6.07) is 16.1. The summed E-state index contributed by atoms with van der Waals surface area (Å²) in [6.45, 7) is 6.06. The lowest BCUT2D eigenvalue weighted by Crippen LogP contribution is -2.45. The first kappa shape index (κ1) is 24.2. The van der Waals surface area contributed by atoms with E-state index in [0.717, 1.165) is 48.1 Å². The molecule has 2 aromatic rings. The van der Waals surface area contributed by atoms with Crippen molar-refractivity contribution in [3.8, 4) is 11.5 Å². The predicted molar refractivity (Wildman–Crippen MR) is 136 cm³/mol. The molecule has 4 rings (SSSR count). The molecule has 172 valence electrons. The van der Waals surface area contributed by atoms with Crippen molar-refractivity contribution in [3.63, 3.8) is 0 Å². The van der Waals surface area contributed by atoms with E-state index in [4.69, 9.17) is 14.5 Å². The number of hydrogen-bond acceptors (Lipinski definition) is 4. The third-order valence-electron chi connectivity index (χ3n) is 5.40. The predicted octanol–water partition coefficient (Wildman–Crippen LogP) is 3.32. The van der Waals surface area contributed by atoms with Crippen LogP contribution >= 0.6 is 24.0 Å². The first-order chi connectivity index (χ1) is 15.2. The molecule has 2 aliphatic rings. The van der Waals surface area contributed by atoms with Gasteiger partial charge in [0.1, 0.15) is 12.7 Å². The zero-order valence-corrected chi connectivity index (χ0v) is 20.7. The van der Waals surface area contributed by atoms with Crippen molar-refractivity contribution in [2.75, 3.05) is 26.2 Å². The lowest BCUT2D eigenvalue weighted by Gasteiger charge is -2.27.